The highest BCUT2D eigenvalue weighted by Crippen LogP contribution is 2.28. The zero-order valence-corrected chi connectivity index (χ0v) is 16.9. The van der Waals surface area contributed by atoms with E-state index in [1.165, 1.54) is 16.3 Å². The summed E-state index contributed by atoms with van der Waals surface area (Å²) in [5.74, 6) is 1.39. The van der Waals surface area contributed by atoms with Gasteiger partial charge in [0.2, 0.25) is 5.78 Å². The normalized spacial score (nSPS) is 11.6. The van der Waals surface area contributed by atoms with E-state index in [2.05, 4.69) is 59.6 Å². The molecule has 29 heavy (non-hydrogen) atoms. The molecule has 0 atom stereocenters. The second-order valence-electron chi connectivity index (χ2n) is 7.02. The van der Waals surface area contributed by atoms with Gasteiger partial charge in [-0.3, -0.25) is 13.8 Å². The quantitative estimate of drug-likeness (QED) is 0.394. The maximum Gasteiger partial charge on any atom is 0.262 e. The molecule has 2 aromatic heterocycles. The van der Waals surface area contributed by atoms with Crippen molar-refractivity contribution in [2.45, 2.75) is 30.8 Å². The summed E-state index contributed by atoms with van der Waals surface area (Å²) in [4.78, 5) is 12.9. The molecule has 0 fully saturated rings. The molecule has 144 valence electrons. The van der Waals surface area contributed by atoms with Crippen LogP contribution in [0.1, 0.15) is 18.9 Å². The van der Waals surface area contributed by atoms with Crippen molar-refractivity contribution in [2.75, 3.05) is 0 Å². The number of benzene rings is 3. The number of para-hydroxylation sites is 1. The third-order valence-electron chi connectivity index (χ3n) is 5.16. The van der Waals surface area contributed by atoms with Gasteiger partial charge >= 0.3 is 0 Å². The van der Waals surface area contributed by atoms with Crippen LogP contribution >= 0.6 is 11.8 Å². The predicted octanol–water partition coefficient (Wildman–Crippen LogP) is 4.90. The Morgan fingerprint density at radius 3 is 2.52 bits per heavy atom. The van der Waals surface area contributed by atoms with Crippen LogP contribution in [-0.4, -0.2) is 19.2 Å². The molecule has 6 heteroatoms. The second kappa shape index (κ2) is 7.37. The summed E-state index contributed by atoms with van der Waals surface area (Å²) in [5, 5.41) is 12.8. The molecule has 2 heterocycles. The summed E-state index contributed by atoms with van der Waals surface area (Å²) in [5.41, 5.74) is 2.11. The van der Waals surface area contributed by atoms with Crippen LogP contribution in [-0.2, 0) is 12.3 Å². The van der Waals surface area contributed by atoms with Crippen molar-refractivity contribution in [3.05, 3.63) is 82.6 Å². The fourth-order valence-corrected chi connectivity index (χ4v) is 4.76. The van der Waals surface area contributed by atoms with Gasteiger partial charge in [0.05, 0.1) is 10.9 Å². The fraction of sp³-hybridized carbons (Fsp3) is 0.174. The monoisotopic (exact) mass is 400 g/mol. The highest BCUT2D eigenvalue weighted by atomic mass is 32.2. The first-order chi connectivity index (χ1) is 14.3. The number of aromatic nitrogens is 4. The van der Waals surface area contributed by atoms with Crippen LogP contribution in [0.15, 0.2) is 76.7 Å². The number of thioether (sulfide) groups is 1. The number of nitrogens with zero attached hydrogens (tertiary/aromatic N) is 4. The molecule has 0 saturated carbocycles. The smallest absolute Gasteiger partial charge is 0.262 e. The summed E-state index contributed by atoms with van der Waals surface area (Å²) in [6, 6.07) is 22.5. The predicted molar refractivity (Wildman–Crippen MR) is 119 cm³/mol. The van der Waals surface area contributed by atoms with Crippen molar-refractivity contribution in [3.8, 4) is 0 Å². The Morgan fingerprint density at radius 1 is 0.897 bits per heavy atom. The molecule has 0 aliphatic carbocycles. The first-order valence-corrected chi connectivity index (χ1v) is 10.7. The van der Waals surface area contributed by atoms with Crippen molar-refractivity contribution in [3.63, 3.8) is 0 Å². The van der Waals surface area contributed by atoms with E-state index >= 15 is 0 Å². The Labute approximate surface area is 172 Å². The van der Waals surface area contributed by atoms with Gasteiger partial charge in [-0.2, -0.15) is 0 Å². The molecule has 0 spiro atoms. The van der Waals surface area contributed by atoms with Gasteiger partial charge in [0, 0.05) is 12.3 Å². The first-order valence-electron chi connectivity index (χ1n) is 9.74. The average Bonchev–Trinajstić information content (AvgIpc) is 3.19. The van der Waals surface area contributed by atoms with Gasteiger partial charge < -0.3 is 0 Å². The van der Waals surface area contributed by atoms with E-state index in [0.29, 0.717) is 17.7 Å². The van der Waals surface area contributed by atoms with E-state index in [9.17, 15) is 4.79 Å². The standard InChI is InChI=1S/C23H20N4OS/c1-2-14-26-21(28)19-12-5-6-13-20(19)27-22(26)24-25-23(27)29-15-17-10-7-9-16-8-3-4-11-18(16)17/h3-13H,2,14-15H2,1H3. The van der Waals surface area contributed by atoms with Crippen LogP contribution in [0.4, 0.5) is 0 Å². The molecule has 0 N–H and O–H groups in total. The lowest BCUT2D eigenvalue weighted by Crippen LogP contribution is -2.23. The lowest BCUT2D eigenvalue weighted by molar-refractivity contribution is 0.662. The van der Waals surface area contributed by atoms with Crippen LogP contribution < -0.4 is 5.56 Å². The number of fused-ring (bicyclic) bond motifs is 4. The van der Waals surface area contributed by atoms with Gasteiger partial charge in [-0.15, -0.1) is 10.2 Å². The molecule has 3 aromatic carbocycles. The van der Waals surface area contributed by atoms with Crippen molar-refractivity contribution in [1.82, 2.24) is 19.2 Å². The highest BCUT2D eigenvalue weighted by Gasteiger charge is 2.16. The molecule has 0 aliphatic rings. The SMILES string of the molecule is CCCn1c(=O)c2ccccc2n2c(SCc3cccc4ccccc34)nnc12. The molecule has 0 saturated heterocycles. The minimum Gasteiger partial charge on any atom is -0.276 e. The molecular weight excluding hydrogens is 380 g/mol. The van der Waals surface area contributed by atoms with Crippen molar-refractivity contribution in [1.29, 1.82) is 0 Å². The number of aryl methyl sites for hydroxylation is 1. The minimum atomic E-state index is -0.00652. The van der Waals surface area contributed by atoms with E-state index in [4.69, 9.17) is 0 Å². The van der Waals surface area contributed by atoms with Crippen LogP contribution in [0.25, 0.3) is 27.5 Å². The Balaban J connectivity index is 1.63. The fourth-order valence-electron chi connectivity index (χ4n) is 3.81. The van der Waals surface area contributed by atoms with Gasteiger partial charge in [-0.1, -0.05) is 73.3 Å². The van der Waals surface area contributed by atoms with Crippen molar-refractivity contribution < 1.29 is 0 Å². The highest BCUT2D eigenvalue weighted by molar-refractivity contribution is 7.98. The zero-order chi connectivity index (χ0) is 19.8. The summed E-state index contributed by atoms with van der Waals surface area (Å²) >= 11 is 1.65. The Kier molecular flexibility index (Phi) is 4.56. The van der Waals surface area contributed by atoms with E-state index in [-0.39, 0.29) is 5.56 Å². The Morgan fingerprint density at radius 2 is 1.66 bits per heavy atom. The largest absolute Gasteiger partial charge is 0.276 e. The summed E-state index contributed by atoms with van der Waals surface area (Å²) in [7, 11) is 0. The van der Waals surface area contributed by atoms with Gasteiger partial charge in [0.25, 0.3) is 5.56 Å². The Bertz CT molecular complexity index is 1400. The minimum absolute atomic E-state index is 0.00652. The number of hydrogen-bond acceptors (Lipinski definition) is 4. The zero-order valence-electron chi connectivity index (χ0n) is 16.1. The molecule has 0 unspecified atom stereocenters. The van der Waals surface area contributed by atoms with Crippen LogP contribution in [0.5, 0.6) is 0 Å². The summed E-state index contributed by atoms with van der Waals surface area (Å²) in [6.07, 6.45) is 0.860. The van der Waals surface area contributed by atoms with Gasteiger partial charge in [0.1, 0.15) is 0 Å². The molecular formula is C23H20N4OS. The lowest BCUT2D eigenvalue weighted by atomic mass is 10.1. The summed E-state index contributed by atoms with van der Waals surface area (Å²) < 4.78 is 3.75. The first kappa shape index (κ1) is 17.9. The second-order valence-corrected chi connectivity index (χ2v) is 7.96. The molecule has 5 rings (SSSR count). The molecule has 0 amide bonds. The number of hydrogen-bond donors (Lipinski definition) is 0. The van der Waals surface area contributed by atoms with Gasteiger partial charge in [-0.05, 0) is 34.9 Å². The molecule has 0 radical (unpaired) electrons. The molecule has 0 bridgehead atoms. The Hall–Kier alpha value is -3.12. The average molecular weight is 401 g/mol. The van der Waals surface area contributed by atoms with Crippen LogP contribution in [0, 0.1) is 0 Å². The summed E-state index contributed by atoms with van der Waals surface area (Å²) in [6.45, 7) is 2.68. The van der Waals surface area contributed by atoms with Gasteiger partial charge in [-0.25, -0.2) is 0 Å². The van der Waals surface area contributed by atoms with Crippen molar-refractivity contribution >= 4 is 39.2 Å². The maximum absolute atomic E-state index is 12.9. The molecule has 0 aliphatic heterocycles. The third kappa shape index (κ3) is 3.00. The van der Waals surface area contributed by atoms with Crippen LogP contribution in [0.2, 0.25) is 0 Å². The van der Waals surface area contributed by atoms with Crippen LogP contribution in [0.3, 0.4) is 0 Å². The van der Waals surface area contributed by atoms with Gasteiger partial charge in [0.15, 0.2) is 5.16 Å². The number of rotatable bonds is 5. The van der Waals surface area contributed by atoms with Crippen molar-refractivity contribution in [2.24, 2.45) is 0 Å². The van der Waals surface area contributed by atoms with E-state index < -0.39 is 0 Å². The lowest BCUT2D eigenvalue weighted by Gasteiger charge is -2.10. The maximum atomic E-state index is 12.9. The van der Waals surface area contributed by atoms with E-state index in [1.807, 2.05) is 28.7 Å². The molecule has 5 nitrogen and oxygen atoms in total. The topological polar surface area (TPSA) is 52.2 Å². The molecule has 5 aromatic rings. The van der Waals surface area contributed by atoms with E-state index in [0.717, 1.165) is 22.8 Å². The third-order valence-corrected chi connectivity index (χ3v) is 6.14. The van der Waals surface area contributed by atoms with E-state index in [1.54, 1.807) is 16.3 Å².